The third-order valence-corrected chi connectivity index (χ3v) is 6.98. The average Bonchev–Trinajstić information content (AvgIpc) is 3.12. The Labute approximate surface area is 210 Å². The summed E-state index contributed by atoms with van der Waals surface area (Å²) in [5, 5.41) is 1.28. The molecule has 0 amide bonds. The van der Waals surface area contributed by atoms with Crippen LogP contribution in [-0.4, -0.2) is 24.0 Å². The predicted molar refractivity (Wildman–Crippen MR) is 134 cm³/mol. The molecule has 0 fully saturated rings. The fourth-order valence-electron chi connectivity index (χ4n) is 4.13. The van der Waals surface area contributed by atoms with Crippen molar-refractivity contribution in [1.82, 2.24) is 4.90 Å². The van der Waals surface area contributed by atoms with Crippen molar-refractivity contribution in [2.24, 2.45) is 0 Å². The highest BCUT2D eigenvalue weighted by Gasteiger charge is 2.35. The number of carbonyl (C=O) groups is 1. The van der Waals surface area contributed by atoms with E-state index >= 15 is 0 Å². The Balaban J connectivity index is 1.39. The predicted octanol–water partition coefficient (Wildman–Crippen LogP) is 7.08. The van der Waals surface area contributed by atoms with Crippen LogP contribution in [0.3, 0.4) is 0 Å². The van der Waals surface area contributed by atoms with E-state index in [-0.39, 0.29) is 5.78 Å². The van der Waals surface area contributed by atoms with Gasteiger partial charge in [-0.15, -0.1) is 0 Å². The van der Waals surface area contributed by atoms with Gasteiger partial charge in [-0.25, -0.2) is 0 Å². The van der Waals surface area contributed by atoms with Crippen LogP contribution in [0.15, 0.2) is 58.8 Å². The van der Waals surface area contributed by atoms with E-state index in [2.05, 4.69) is 20.8 Å². The molecule has 0 radical (unpaired) electrons. The highest BCUT2D eigenvalue weighted by molar-refractivity contribution is 9.10. The molecule has 0 N–H and O–H groups in total. The maximum atomic E-state index is 13.1. The van der Waals surface area contributed by atoms with Crippen molar-refractivity contribution >= 4 is 51.0 Å². The molecule has 4 nitrogen and oxygen atoms in total. The first-order chi connectivity index (χ1) is 15.9. The van der Waals surface area contributed by atoms with Crippen LogP contribution in [0.4, 0.5) is 0 Å². The van der Waals surface area contributed by atoms with Crippen LogP contribution in [0, 0.1) is 6.92 Å². The van der Waals surface area contributed by atoms with E-state index < -0.39 is 0 Å². The van der Waals surface area contributed by atoms with E-state index in [1.165, 1.54) is 0 Å². The van der Waals surface area contributed by atoms with Gasteiger partial charge in [0.1, 0.15) is 18.2 Å². The highest BCUT2D eigenvalue weighted by Crippen LogP contribution is 2.44. The second kappa shape index (κ2) is 9.15. The molecule has 0 spiro atoms. The van der Waals surface area contributed by atoms with Gasteiger partial charge in [-0.3, -0.25) is 9.69 Å². The van der Waals surface area contributed by atoms with Gasteiger partial charge in [-0.2, -0.15) is 0 Å². The molecule has 168 valence electrons. The number of halogens is 3. The first kappa shape index (κ1) is 22.5. The van der Waals surface area contributed by atoms with Gasteiger partial charge in [0.15, 0.2) is 5.76 Å². The van der Waals surface area contributed by atoms with Crippen molar-refractivity contribution in [3.05, 3.63) is 96.6 Å². The van der Waals surface area contributed by atoms with Crippen molar-refractivity contribution in [1.29, 1.82) is 0 Å². The van der Waals surface area contributed by atoms with Crippen LogP contribution < -0.4 is 9.47 Å². The summed E-state index contributed by atoms with van der Waals surface area (Å²) in [6.07, 6.45) is 2.54. The molecule has 2 aliphatic rings. The fraction of sp³-hybridized carbons (Fsp3) is 0.192. The lowest BCUT2D eigenvalue weighted by Crippen LogP contribution is -2.34. The van der Waals surface area contributed by atoms with Gasteiger partial charge < -0.3 is 9.47 Å². The van der Waals surface area contributed by atoms with E-state index in [1.54, 1.807) is 12.1 Å². The molecule has 0 saturated heterocycles. The number of benzene rings is 3. The number of ether oxygens (including phenoxy) is 2. The minimum absolute atomic E-state index is 0.0988. The molecule has 2 aliphatic heterocycles. The Morgan fingerprint density at radius 2 is 1.91 bits per heavy atom. The van der Waals surface area contributed by atoms with Crippen LogP contribution >= 0.6 is 39.1 Å². The summed E-state index contributed by atoms with van der Waals surface area (Å²) >= 11 is 15.8. The standard InChI is InChI=1S/C26H20BrCl2NO3/c1-15-10-22-20(13-30(14-32-22)9-8-17-4-7-19(28)12-21(17)29)26-24(15)25(31)23(33-26)11-16-2-5-18(27)6-3-16/h2-7,10-12H,8-9,13-14H2,1H3/b23-11+. The average molecular weight is 545 g/mol. The monoisotopic (exact) mass is 543 g/mol. The number of carbonyl (C=O) groups excluding carboxylic acids is 1. The molecule has 0 atom stereocenters. The minimum Gasteiger partial charge on any atom is -0.478 e. The van der Waals surface area contributed by atoms with Gasteiger partial charge in [-0.05, 0) is 66.4 Å². The van der Waals surface area contributed by atoms with Gasteiger partial charge in [0.05, 0.1) is 11.1 Å². The minimum atomic E-state index is -0.0988. The van der Waals surface area contributed by atoms with Gasteiger partial charge in [-0.1, -0.05) is 57.3 Å². The molecule has 2 heterocycles. The van der Waals surface area contributed by atoms with Crippen LogP contribution in [0.5, 0.6) is 11.5 Å². The zero-order valence-electron chi connectivity index (χ0n) is 17.8. The number of rotatable bonds is 4. The number of Topliss-reactive ketones (excluding diaryl/α,β-unsaturated/α-hetero) is 1. The lowest BCUT2D eigenvalue weighted by Gasteiger charge is -2.30. The smallest absolute Gasteiger partial charge is 0.232 e. The number of aryl methyl sites for hydroxylation is 1. The maximum absolute atomic E-state index is 13.1. The second-order valence-corrected chi connectivity index (χ2v) is 9.94. The third kappa shape index (κ3) is 4.56. The maximum Gasteiger partial charge on any atom is 0.232 e. The van der Waals surface area contributed by atoms with Crippen molar-refractivity contribution < 1.29 is 14.3 Å². The molecule has 33 heavy (non-hydrogen) atoms. The summed E-state index contributed by atoms with van der Waals surface area (Å²) < 4.78 is 13.2. The molecule has 0 bridgehead atoms. The molecule has 0 aromatic heterocycles. The van der Waals surface area contributed by atoms with Crippen LogP contribution in [-0.2, 0) is 13.0 Å². The molecule has 0 aliphatic carbocycles. The van der Waals surface area contributed by atoms with Gasteiger partial charge in [0.2, 0.25) is 5.78 Å². The number of ketones is 1. The summed E-state index contributed by atoms with van der Waals surface area (Å²) in [6.45, 7) is 3.76. The Morgan fingerprint density at radius 1 is 1.12 bits per heavy atom. The molecular weight excluding hydrogens is 525 g/mol. The summed E-state index contributed by atoms with van der Waals surface area (Å²) in [5.74, 6) is 1.60. The van der Waals surface area contributed by atoms with Crippen molar-refractivity contribution in [2.45, 2.75) is 19.9 Å². The first-order valence-electron chi connectivity index (χ1n) is 10.5. The lowest BCUT2D eigenvalue weighted by atomic mass is 9.98. The van der Waals surface area contributed by atoms with Crippen LogP contribution in [0.25, 0.3) is 6.08 Å². The Morgan fingerprint density at radius 3 is 2.67 bits per heavy atom. The zero-order valence-corrected chi connectivity index (χ0v) is 20.9. The summed E-state index contributed by atoms with van der Waals surface area (Å²) in [6, 6.07) is 15.2. The summed E-state index contributed by atoms with van der Waals surface area (Å²) in [5.41, 5.74) is 4.31. The number of fused-ring (bicyclic) bond motifs is 3. The van der Waals surface area contributed by atoms with E-state index in [4.69, 9.17) is 32.7 Å². The Hall–Kier alpha value is -2.31. The number of nitrogens with zero attached hydrogens (tertiary/aromatic N) is 1. The first-order valence-corrected chi connectivity index (χ1v) is 12.1. The highest BCUT2D eigenvalue weighted by atomic mass is 79.9. The van der Waals surface area contributed by atoms with Gasteiger partial charge in [0, 0.05) is 27.6 Å². The quantitative estimate of drug-likeness (QED) is 0.329. The zero-order chi connectivity index (χ0) is 23.1. The Kier molecular flexibility index (Phi) is 6.23. The number of hydrogen-bond acceptors (Lipinski definition) is 4. The molecule has 3 aromatic carbocycles. The molecular formula is C26H20BrCl2NO3. The van der Waals surface area contributed by atoms with Crippen molar-refractivity contribution in [3.8, 4) is 11.5 Å². The second-order valence-electron chi connectivity index (χ2n) is 8.18. The van der Waals surface area contributed by atoms with Crippen molar-refractivity contribution in [2.75, 3.05) is 13.3 Å². The van der Waals surface area contributed by atoms with E-state index in [0.717, 1.165) is 45.4 Å². The summed E-state index contributed by atoms with van der Waals surface area (Å²) in [4.78, 5) is 15.3. The fourth-order valence-corrected chi connectivity index (χ4v) is 4.90. The van der Waals surface area contributed by atoms with E-state index in [1.807, 2.05) is 49.4 Å². The van der Waals surface area contributed by atoms with Crippen LogP contribution in [0.1, 0.15) is 32.6 Å². The molecule has 0 unspecified atom stereocenters. The number of allylic oxidation sites excluding steroid dienone is 1. The van der Waals surface area contributed by atoms with Crippen molar-refractivity contribution in [3.63, 3.8) is 0 Å². The Bertz CT molecular complexity index is 1290. The van der Waals surface area contributed by atoms with Gasteiger partial charge in [0.25, 0.3) is 0 Å². The van der Waals surface area contributed by atoms with Crippen LogP contribution in [0.2, 0.25) is 10.0 Å². The van der Waals surface area contributed by atoms with E-state index in [0.29, 0.717) is 40.4 Å². The SMILES string of the molecule is Cc1cc2c(c3c1C(=O)/C(=C\c1ccc(Br)cc1)O3)CN(CCc1ccc(Cl)cc1Cl)CO2. The normalized spacial score (nSPS) is 16.4. The molecule has 3 aromatic rings. The van der Waals surface area contributed by atoms with Gasteiger partial charge >= 0.3 is 0 Å². The topological polar surface area (TPSA) is 38.8 Å². The lowest BCUT2D eigenvalue weighted by molar-refractivity contribution is 0.0949. The summed E-state index contributed by atoms with van der Waals surface area (Å²) in [7, 11) is 0. The molecule has 5 rings (SSSR count). The largest absolute Gasteiger partial charge is 0.478 e. The third-order valence-electron chi connectivity index (χ3n) is 5.87. The van der Waals surface area contributed by atoms with E-state index in [9.17, 15) is 4.79 Å². The number of hydrogen-bond donors (Lipinski definition) is 0. The molecule has 7 heteroatoms. The molecule has 0 saturated carbocycles.